The Hall–Kier alpha value is -2.09. The van der Waals surface area contributed by atoms with Gasteiger partial charge in [0.25, 0.3) is 0 Å². The Morgan fingerprint density at radius 2 is 2.04 bits per heavy atom. The van der Waals surface area contributed by atoms with Crippen LogP contribution in [0.4, 0.5) is 0 Å². The van der Waals surface area contributed by atoms with E-state index >= 15 is 0 Å². The summed E-state index contributed by atoms with van der Waals surface area (Å²) < 4.78 is 5.74. The van der Waals surface area contributed by atoms with Gasteiger partial charge in [0.2, 0.25) is 5.91 Å². The Bertz CT molecular complexity index is 788. The van der Waals surface area contributed by atoms with Crippen molar-refractivity contribution in [2.24, 2.45) is 5.10 Å². The fourth-order valence-electron chi connectivity index (χ4n) is 2.14. The lowest BCUT2D eigenvalue weighted by Crippen LogP contribution is -2.19. The van der Waals surface area contributed by atoms with Crippen molar-refractivity contribution in [1.82, 2.24) is 5.43 Å². The summed E-state index contributed by atoms with van der Waals surface area (Å²) in [6.45, 7) is 4.06. The number of ether oxygens (including phenoxy) is 1. The van der Waals surface area contributed by atoms with Gasteiger partial charge in [0.15, 0.2) is 11.5 Å². The van der Waals surface area contributed by atoms with Crippen LogP contribution in [0.25, 0.3) is 0 Å². The molecule has 0 saturated heterocycles. The maximum Gasteiger partial charge on any atom is 0.244 e. The summed E-state index contributed by atoms with van der Waals surface area (Å²) in [6, 6.07) is 9.35. The van der Waals surface area contributed by atoms with Crippen molar-refractivity contribution in [3.05, 3.63) is 56.2 Å². The number of hydrogen-bond acceptors (Lipinski definition) is 4. The number of hydrazone groups is 1. The average molecular weight is 438 g/mol. The van der Waals surface area contributed by atoms with E-state index < -0.39 is 0 Å². The van der Waals surface area contributed by atoms with Gasteiger partial charge in [0, 0.05) is 0 Å². The van der Waals surface area contributed by atoms with Gasteiger partial charge in [-0.2, -0.15) is 5.10 Å². The molecule has 0 fully saturated rings. The molecule has 6 heteroatoms. The minimum absolute atomic E-state index is 0.0917. The number of benzene rings is 2. The SMILES string of the molecule is COc1cc(/C=N\NC(=O)Cc2ccc(C)c(C)c2)cc(I)c1O. The number of nitrogens with zero attached hydrogens (tertiary/aromatic N) is 1. The molecule has 0 heterocycles. The smallest absolute Gasteiger partial charge is 0.244 e. The first-order valence-corrected chi connectivity index (χ1v) is 8.43. The molecule has 0 unspecified atom stereocenters. The lowest BCUT2D eigenvalue weighted by Gasteiger charge is -2.06. The van der Waals surface area contributed by atoms with Crippen LogP contribution >= 0.6 is 22.6 Å². The molecular weight excluding hydrogens is 419 g/mol. The summed E-state index contributed by atoms with van der Waals surface area (Å²) in [5, 5.41) is 13.8. The van der Waals surface area contributed by atoms with Crippen molar-refractivity contribution in [3.63, 3.8) is 0 Å². The van der Waals surface area contributed by atoms with E-state index in [1.165, 1.54) is 18.9 Å². The van der Waals surface area contributed by atoms with E-state index in [4.69, 9.17) is 4.74 Å². The molecule has 0 aromatic heterocycles. The summed E-state index contributed by atoms with van der Waals surface area (Å²) in [6.07, 6.45) is 1.79. The van der Waals surface area contributed by atoms with Crippen LogP contribution in [0.5, 0.6) is 11.5 Å². The van der Waals surface area contributed by atoms with Crippen LogP contribution in [-0.4, -0.2) is 24.3 Å². The lowest BCUT2D eigenvalue weighted by molar-refractivity contribution is -0.120. The number of halogens is 1. The summed E-state index contributed by atoms with van der Waals surface area (Å²) in [5.41, 5.74) is 6.55. The van der Waals surface area contributed by atoms with Crippen molar-refractivity contribution in [2.45, 2.75) is 20.3 Å². The number of rotatable bonds is 5. The van der Waals surface area contributed by atoms with Gasteiger partial charge in [0.05, 0.1) is 23.3 Å². The molecule has 2 rings (SSSR count). The summed E-state index contributed by atoms with van der Waals surface area (Å²) >= 11 is 2.01. The Kier molecular flexibility index (Phi) is 6.19. The number of aromatic hydroxyl groups is 1. The van der Waals surface area contributed by atoms with Gasteiger partial charge in [-0.25, -0.2) is 5.43 Å². The fourth-order valence-corrected chi connectivity index (χ4v) is 2.77. The molecule has 0 aliphatic heterocycles. The predicted octanol–water partition coefficient (Wildman–Crippen LogP) is 3.32. The van der Waals surface area contributed by atoms with Gasteiger partial charge >= 0.3 is 0 Å². The van der Waals surface area contributed by atoms with Gasteiger partial charge < -0.3 is 9.84 Å². The van der Waals surface area contributed by atoms with Crippen LogP contribution < -0.4 is 10.2 Å². The number of amides is 1. The highest BCUT2D eigenvalue weighted by atomic mass is 127. The Morgan fingerprint density at radius 1 is 1.29 bits per heavy atom. The van der Waals surface area contributed by atoms with Gasteiger partial charge in [-0.05, 0) is 70.8 Å². The third kappa shape index (κ3) is 4.70. The molecule has 0 aliphatic carbocycles. The number of methoxy groups -OCH3 is 1. The van der Waals surface area contributed by atoms with Gasteiger partial charge in [-0.1, -0.05) is 18.2 Å². The Morgan fingerprint density at radius 3 is 2.71 bits per heavy atom. The lowest BCUT2D eigenvalue weighted by atomic mass is 10.0. The number of phenols is 1. The van der Waals surface area contributed by atoms with Crippen LogP contribution in [-0.2, 0) is 11.2 Å². The van der Waals surface area contributed by atoms with E-state index in [0.717, 1.165) is 16.7 Å². The molecule has 5 nitrogen and oxygen atoms in total. The molecule has 0 spiro atoms. The number of carbonyl (C=O) groups is 1. The van der Waals surface area contributed by atoms with Crippen LogP contribution in [0.2, 0.25) is 0 Å². The van der Waals surface area contributed by atoms with E-state index in [-0.39, 0.29) is 18.1 Å². The molecule has 1 amide bonds. The van der Waals surface area contributed by atoms with E-state index in [1.54, 1.807) is 12.1 Å². The average Bonchev–Trinajstić information content (AvgIpc) is 2.54. The maximum absolute atomic E-state index is 12.0. The summed E-state index contributed by atoms with van der Waals surface area (Å²) in [4.78, 5) is 12.0. The molecule has 24 heavy (non-hydrogen) atoms. The number of aryl methyl sites for hydroxylation is 2. The van der Waals surface area contributed by atoms with Crippen molar-refractivity contribution in [3.8, 4) is 11.5 Å². The molecule has 0 bridgehead atoms. The molecule has 0 aliphatic rings. The minimum atomic E-state index is -0.185. The van der Waals surface area contributed by atoms with Crippen molar-refractivity contribution < 1.29 is 14.6 Å². The predicted molar refractivity (Wildman–Crippen MR) is 103 cm³/mol. The molecule has 2 aromatic carbocycles. The normalized spacial score (nSPS) is 10.8. The van der Waals surface area contributed by atoms with Crippen LogP contribution in [0.15, 0.2) is 35.4 Å². The van der Waals surface area contributed by atoms with E-state index in [9.17, 15) is 9.90 Å². The zero-order valence-electron chi connectivity index (χ0n) is 13.8. The fraction of sp³-hybridized carbons (Fsp3) is 0.222. The van der Waals surface area contributed by atoms with Gasteiger partial charge in [0.1, 0.15) is 0 Å². The third-order valence-corrected chi connectivity index (χ3v) is 4.43. The van der Waals surface area contributed by atoms with Crippen molar-refractivity contribution >= 4 is 34.7 Å². The number of nitrogens with one attached hydrogen (secondary N) is 1. The Balaban J connectivity index is 1.99. The van der Waals surface area contributed by atoms with E-state index in [1.807, 2.05) is 54.6 Å². The quantitative estimate of drug-likeness (QED) is 0.428. The van der Waals surface area contributed by atoms with Crippen LogP contribution in [0.1, 0.15) is 22.3 Å². The van der Waals surface area contributed by atoms with Crippen molar-refractivity contribution in [2.75, 3.05) is 7.11 Å². The molecule has 0 atom stereocenters. The highest BCUT2D eigenvalue weighted by Crippen LogP contribution is 2.31. The number of phenolic OH excluding ortho intramolecular Hbond substituents is 1. The second kappa shape index (κ2) is 8.14. The zero-order chi connectivity index (χ0) is 17.7. The highest BCUT2D eigenvalue weighted by molar-refractivity contribution is 14.1. The zero-order valence-corrected chi connectivity index (χ0v) is 15.9. The van der Waals surface area contributed by atoms with Crippen LogP contribution in [0.3, 0.4) is 0 Å². The first kappa shape index (κ1) is 18.3. The molecular formula is C18H19IN2O3. The molecule has 2 N–H and O–H groups in total. The second-order valence-corrected chi connectivity index (χ2v) is 6.60. The molecule has 0 radical (unpaired) electrons. The standard InChI is InChI=1S/C18H19IN2O3/c1-11-4-5-13(6-12(11)2)9-17(22)21-20-10-14-7-15(19)18(23)16(8-14)24-3/h4-8,10,23H,9H2,1-3H3,(H,21,22)/b20-10-. The molecule has 0 saturated carbocycles. The maximum atomic E-state index is 12.0. The minimum Gasteiger partial charge on any atom is -0.504 e. The highest BCUT2D eigenvalue weighted by Gasteiger charge is 2.08. The van der Waals surface area contributed by atoms with E-state index in [0.29, 0.717) is 9.32 Å². The monoisotopic (exact) mass is 438 g/mol. The number of hydrogen-bond donors (Lipinski definition) is 2. The largest absolute Gasteiger partial charge is 0.504 e. The third-order valence-electron chi connectivity index (χ3n) is 3.61. The van der Waals surface area contributed by atoms with E-state index in [2.05, 4.69) is 10.5 Å². The van der Waals surface area contributed by atoms with Gasteiger partial charge in [-0.3, -0.25) is 4.79 Å². The number of carbonyl (C=O) groups excluding carboxylic acids is 1. The van der Waals surface area contributed by atoms with Crippen molar-refractivity contribution in [1.29, 1.82) is 0 Å². The second-order valence-electron chi connectivity index (χ2n) is 5.44. The first-order valence-electron chi connectivity index (χ1n) is 7.35. The first-order chi connectivity index (χ1) is 11.4. The van der Waals surface area contributed by atoms with Gasteiger partial charge in [-0.15, -0.1) is 0 Å². The topological polar surface area (TPSA) is 70.9 Å². The van der Waals surface area contributed by atoms with Crippen LogP contribution in [0, 0.1) is 17.4 Å². The Labute approximate surface area is 154 Å². The summed E-state index contributed by atoms with van der Waals surface area (Å²) in [7, 11) is 1.48. The molecule has 126 valence electrons. The summed E-state index contributed by atoms with van der Waals surface area (Å²) in [5.74, 6) is 0.272. The molecule has 2 aromatic rings.